The van der Waals surface area contributed by atoms with E-state index in [0.29, 0.717) is 4.24 Å². The van der Waals surface area contributed by atoms with Gasteiger partial charge in [-0.05, 0) is 26.4 Å². The Morgan fingerprint density at radius 3 is 2.00 bits per heavy atom. The third-order valence-electron chi connectivity index (χ3n) is 1.41. The van der Waals surface area contributed by atoms with Crippen molar-refractivity contribution in [2.75, 3.05) is 19.1 Å². The average Bonchev–Trinajstić information content (AvgIpc) is 2.13. The normalized spacial score (nSPS) is 9.43. The first-order valence-electron chi connectivity index (χ1n) is 4.08. The first-order valence-corrected chi connectivity index (χ1v) is 6.53. The Morgan fingerprint density at radius 1 is 1.21 bits per heavy atom. The van der Waals surface area contributed by atoms with Gasteiger partial charge in [-0.15, -0.1) is 23.5 Å². The van der Waals surface area contributed by atoms with Crippen LogP contribution in [-0.4, -0.2) is 30.9 Å². The fourth-order valence-corrected chi connectivity index (χ4v) is 2.39. The van der Waals surface area contributed by atoms with Gasteiger partial charge in [0.1, 0.15) is 5.57 Å². The molecule has 0 atom stereocenters. The zero-order chi connectivity index (χ0) is 11.1. The maximum Gasteiger partial charge on any atom is 0.343 e. The lowest BCUT2D eigenvalue weighted by atomic mass is 10.2. The van der Waals surface area contributed by atoms with Crippen LogP contribution in [0.5, 0.6) is 0 Å². The fraction of sp³-hybridized carbons (Fsp3) is 0.556. The molecule has 14 heavy (non-hydrogen) atoms. The van der Waals surface area contributed by atoms with Crippen LogP contribution in [0.25, 0.3) is 0 Å². The maximum absolute atomic E-state index is 11.4. The first kappa shape index (κ1) is 13.6. The summed E-state index contributed by atoms with van der Waals surface area (Å²) in [6, 6.07) is 0. The molecule has 0 aliphatic rings. The third kappa shape index (κ3) is 3.75. The molecule has 0 spiro atoms. The van der Waals surface area contributed by atoms with Crippen LogP contribution in [0.2, 0.25) is 0 Å². The van der Waals surface area contributed by atoms with Gasteiger partial charge in [0.2, 0.25) is 0 Å². The molecular formula is C9H14O3S2. The lowest BCUT2D eigenvalue weighted by Crippen LogP contribution is -2.14. The number of hydrogen-bond acceptors (Lipinski definition) is 5. The number of carbonyl (C=O) groups excluding carboxylic acids is 2. The van der Waals surface area contributed by atoms with Gasteiger partial charge in [-0.3, -0.25) is 4.79 Å². The molecule has 0 bridgehead atoms. The molecule has 0 aromatic heterocycles. The number of carbonyl (C=O) groups is 2. The monoisotopic (exact) mass is 234 g/mol. The van der Waals surface area contributed by atoms with Crippen LogP contribution in [0.15, 0.2) is 9.81 Å². The van der Waals surface area contributed by atoms with Gasteiger partial charge in [0.05, 0.1) is 10.8 Å². The molecule has 0 aromatic rings. The van der Waals surface area contributed by atoms with Crippen molar-refractivity contribution in [3.63, 3.8) is 0 Å². The standard InChI is InChI=1S/C9H14O3S2/c1-5-12-8(11)7(6(2)10)9(13-3)14-4/h5H2,1-4H3. The highest BCUT2D eigenvalue weighted by Gasteiger charge is 2.20. The molecule has 0 aromatic carbocycles. The van der Waals surface area contributed by atoms with E-state index < -0.39 is 5.97 Å². The Balaban J connectivity index is 5.01. The van der Waals surface area contributed by atoms with Crippen molar-refractivity contribution in [1.29, 1.82) is 0 Å². The first-order chi connectivity index (χ1) is 6.58. The quantitative estimate of drug-likeness (QED) is 0.315. The molecule has 0 aliphatic carbocycles. The molecule has 0 saturated carbocycles. The Labute approximate surface area is 92.7 Å². The highest BCUT2D eigenvalue weighted by Crippen LogP contribution is 2.28. The predicted molar refractivity (Wildman–Crippen MR) is 61.4 cm³/mol. The van der Waals surface area contributed by atoms with Gasteiger partial charge in [0.15, 0.2) is 5.78 Å². The summed E-state index contributed by atoms with van der Waals surface area (Å²) >= 11 is 2.76. The van der Waals surface area contributed by atoms with Crippen LogP contribution in [0.1, 0.15) is 13.8 Å². The van der Waals surface area contributed by atoms with E-state index in [9.17, 15) is 9.59 Å². The zero-order valence-electron chi connectivity index (χ0n) is 8.75. The highest BCUT2D eigenvalue weighted by atomic mass is 32.2. The maximum atomic E-state index is 11.4. The predicted octanol–water partition coefficient (Wildman–Crippen LogP) is 2.08. The van der Waals surface area contributed by atoms with Gasteiger partial charge in [-0.25, -0.2) is 4.79 Å². The van der Waals surface area contributed by atoms with Gasteiger partial charge < -0.3 is 4.74 Å². The molecule has 3 nitrogen and oxygen atoms in total. The van der Waals surface area contributed by atoms with Crippen molar-refractivity contribution in [2.24, 2.45) is 0 Å². The second-order valence-electron chi connectivity index (χ2n) is 2.35. The Hall–Kier alpha value is -0.420. The molecule has 0 amide bonds. The summed E-state index contributed by atoms with van der Waals surface area (Å²) in [5, 5.41) is 0. The summed E-state index contributed by atoms with van der Waals surface area (Å²) in [5.74, 6) is -0.777. The highest BCUT2D eigenvalue weighted by molar-refractivity contribution is 8.21. The van der Waals surface area contributed by atoms with Crippen LogP contribution in [0.4, 0.5) is 0 Å². The number of hydrogen-bond donors (Lipinski definition) is 0. The van der Waals surface area contributed by atoms with E-state index in [1.54, 1.807) is 6.92 Å². The Kier molecular flexibility index (Phi) is 6.74. The van der Waals surface area contributed by atoms with Gasteiger partial charge >= 0.3 is 5.97 Å². The van der Waals surface area contributed by atoms with E-state index in [4.69, 9.17) is 4.74 Å². The summed E-state index contributed by atoms with van der Waals surface area (Å²) in [5.41, 5.74) is 0.159. The van der Waals surface area contributed by atoms with Crippen molar-refractivity contribution < 1.29 is 14.3 Å². The van der Waals surface area contributed by atoms with E-state index >= 15 is 0 Å². The van der Waals surface area contributed by atoms with Gasteiger partial charge in [-0.2, -0.15) is 0 Å². The molecule has 0 N–H and O–H groups in total. The minimum Gasteiger partial charge on any atom is -0.462 e. The summed E-state index contributed by atoms with van der Waals surface area (Å²) in [4.78, 5) is 22.7. The number of esters is 1. The summed E-state index contributed by atoms with van der Waals surface area (Å²) in [6.45, 7) is 3.37. The van der Waals surface area contributed by atoms with Crippen molar-refractivity contribution >= 4 is 35.3 Å². The van der Waals surface area contributed by atoms with E-state index in [0.717, 1.165) is 0 Å². The second-order valence-corrected chi connectivity index (χ2v) is 4.24. The van der Waals surface area contributed by atoms with E-state index in [2.05, 4.69) is 0 Å². The van der Waals surface area contributed by atoms with Gasteiger partial charge in [0.25, 0.3) is 0 Å². The van der Waals surface area contributed by atoms with Crippen LogP contribution < -0.4 is 0 Å². The van der Waals surface area contributed by atoms with Crippen LogP contribution >= 0.6 is 23.5 Å². The fourth-order valence-electron chi connectivity index (χ4n) is 0.862. The molecule has 0 radical (unpaired) electrons. The lowest BCUT2D eigenvalue weighted by Gasteiger charge is -2.07. The smallest absolute Gasteiger partial charge is 0.343 e. The molecule has 0 fully saturated rings. The summed E-state index contributed by atoms with van der Waals surface area (Å²) in [6.07, 6.45) is 3.65. The zero-order valence-corrected chi connectivity index (χ0v) is 10.4. The van der Waals surface area contributed by atoms with Crippen molar-refractivity contribution in [3.05, 3.63) is 9.81 Å². The minimum absolute atomic E-state index is 0.159. The summed E-state index contributed by atoms with van der Waals surface area (Å²) in [7, 11) is 0. The van der Waals surface area contributed by atoms with E-state index in [1.165, 1.54) is 30.4 Å². The number of thioether (sulfide) groups is 2. The molecule has 80 valence electrons. The minimum atomic E-state index is -0.529. The van der Waals surface area contributed by atoms with Crippen LogP contribution in [0.3, 0.4) is 0 Å². The third-order valence-corrected chi connectivity index (χ3v) is 3.56. The van der Waals surface area contributed by atoms with Crippen LogP contribution in [-0.2, 0) is 14.3 Å². The number of Topliss-reactive ketones (excluding diaryl/α,β-unsaturated/α-hetero) is 1. The number of ketones is 1. The van der Waals surface area contributed by atoms with E-state index in [-0.39, 0.29) is 18.0 Å². The molecule has 0 rings (SSSR count). The van der Waals surface area contributed by atoms with Crippen LogP contribution in [0, 0.1) is 0 Å². The SMILES string of the molecule is CCOC(=O)C(C(C)=O)=C(SC)SC. The van der Waals surface area contributed by atoms with Gasteiger partial charge in [-0.1, -0.05) is 0 Å². The number of ether oxygens (including phenoxy) is 1. The second kappa shape index (κ2) is 6.95. The lowest BCUT2D eigenvalue weighted by molar-refractivity contribution is -0.139. The average molecular weight is 234 g/mol. The molecule has 5 heteroatoms. The Bertz CT molecular complexity index is 253. The molecule has 0 saturated heterocycles. The van der Waals surface area contributed by atoms with Crippen molar-refractivity contribution in [1.82, 2.24) is 0 Å². The molecule has 0 heterocycles. The molecule has 0 unspecified atom stereocenters. The van der Waals surface area contributed by atoms with Gasteiger partial charge in [0, 0.05) is 0 Å². The number of rotatable bonds is 5. The Morgan fingerprint density at radius 2 is 1.71 bits per heavy atom. The molecular weight excluding hydrogens is 220 g/mol. The topological polar surface area (TPSA) is 43.4 Å². The van der Waals surface area contributed by atoms with Crippen molar-refractivity contribution in [3.8, 4) is 0 Å². The van der Waals surface area contributed by atoms with E-state index in [1.807, 2.05) is 12.5 Å². The summed E-state index contributed by atoms with van der Waals surface area (Å²) < 4.78 is 5.51. The largest absolute Gasteiger partial charge is 0.462 e. The molecule has 0 aliphatic heterocycles. The van der Waals surface area contributed by atoms with Crippen molar-refractivity contribution in [2.45, 2.75) is 13.8 Å².